The molecule has 1 saturated carbocycles. The zero-order chi connectivity index (χ0) is 16.5. The smallest absolute Gasteiger partial charge is 0.170 e. The summed E-state index contributed by atoms with van der Waals surface area (Å²) in [7, 11) is 0. The van der Waals surface area contributed by atoms with Gasteiger partial charge in [-0.3, -0.25) is 0 Å². The molecule has 0 atom stereocenters. The van der Waals surface area contributed by atoms with E-state index in [1.807, 2.05) is 6.07 Å². The van der Waals surface area contributed by atoms with Crippen molar-refractivity contribution >= 4 is 39.7 Å². The van der Waals surface area contributed by atoms with Crippen molar-refractivity contribution in [1.29, 1.82) is 0 Å². The Balaban J connectivity index is 1.57. The second-order valence-electron chi connectivity index (χ2n) is 6.50. The van der Waals surface area contributed by atoms with E-state index in [1.165, 1.54) is 18.4 Å². The molecule has 2 heterocycles. The molecule has 2 N–H and O–H groups in total. The number of rotatable bonds is 3. The van der Waals surface area contributed by atoms with Crippen LogP contribution < -0.4 is 15.5 Å². The monoisotopic (exact) mass is 342 g/mol. The fraction of sp³-hybridized carbons (Fsp3) is 0.444. The van der Waals surface area contributed by atoms with Gasteiger partial charge in [0, 0.05) is 30.2 Å². The van der Waals surface area contributed by atoms with E-state index in [0.29, 0.717) is 11.2 Å². The standard InChI is InChI=1S/C18H22N4OS/c1-12-10-17(22-6-8-23-9-7-22)21-16-5-4-14(11-15(12)16)20-18(24)19-13-2-3-13/h4-5,10-11,13H,2-3,6-9H2,1H3,(H2,19,20,24). The van der Waals surface area contributed by atoms with Crippen LogP contribution in [0.4, 0.5) is 11.5 Å². The molecule has 0 amide bonds. The van der Waals surface area contributed by atoms with Crippen LogP contribution in [0.5, 0.6) is 0 Å². The normalized spacial score (nSPS) is 17.8. The van der Waals surface area contributed by atoms with Gasteiger partial charge in [-0.05, 0) is 61.8 Å². The van der Waals surface area contributed by atoms with Crippen molar-refractivity contribution < 1.29 is 4.74 Å². The summed E-state index contributed by atoms with van der Waals surface area (Å²) < 4.78 is 5.43. The number of pyridine rings is 1. The first-order valence-electron chi connectivity index (χ1n) is 8.51. The highest BCUT2D eigenvalue weighted by molar-refractivity contribution is 7.80. The Kier molecular flexibility index (Phi) is 4.24. The minimum absolute atomic E-state index is 0.560. The Morgan fingerprint density at radius 3 is 2.79 bits per heavy atom. The van der Waals surface area contributed by atoms with E-state index in [2.05, 4.69) is 40.7 Å². The number of thiocarbonyl (C=S) groups is 1. The molecule has 126 valence electrons. The Morgan fingerprint density at radius 1 is 1.25 bits per heavy atom. The van der Waals surface area contributed by atoms with E-state index in [0.717, 1.165) is 48.7 Å². The van der Waals surface area contributed by atoms with Gasteiger partial charge in [-0.1, -0.05) is 0 Å². The summed E-state index contributed by atoms with van der Waals surface area (Å²) in [6, 6.07) is 8.96. The maximum Gasteiger partial charge on any atom is 0.170 e. The quantitative estimate of drug-likeness (QED) is 0.837. The summed E-state index contributed by atoms with van der Waals surface area (Å²) in [6.45, 7) is 5.48. The van der Waals surface area contributed by atoms with Crippen LogP contribution >= 0.6 is 12.2 Å². The molecule has 2 aromatic rings. The number of morpholine rings is 1. The van der Waals surface area contributed by atoms with Crippen LogP contribution in [0.1, 0.15) is 18.4 Å². The lowest BCUT2D eigenvalue weighted by Crippen LogP contribution is -2.36. The van der Waals surface area contributed by atoms with Gasteiger partial charge in [0.2, 0.25) is 0 Å². The summed E-state index contributed by atoms with van der Waals surface area (Å²) in [4.78, 5) is 7.12. The van der Waals surface area contributed by atoms with Crippen LogP contribution in [-0.4, -0.2) is 42.4 Å². The summed E-state index contributed by atoms with van der Waals surface area (Å²) in [5.74, 6) is 1.04. The molecule has 0 radical (unpaired) electrons. The van der Waals surface area contributed by atoms with Gasteiger partial charge in [-0.15, -0.1) is 0 Å². The number of nitrogens with zero attached hydrogens (tertiary/aromatic N) is 2. The van der Waals surface area contributed by atoms with Gasteiger partial charge >= 0.3 is 0 Å². The highest BCUT2D eigenvalue weighted by atomic mass is 32.1. The second-order valence-corrected chi connectivity index (χ2v) is 6.91. The molecule has 1 aliphatic carbocycles. The number of benzene rings is 1. The molecule has 0 spiro atoms. The molecule has 1 aromatic heterocycles. The van der Waals surface area contributed by atoms with Gasteiger partial charge in [-0.25, -0.2) is 4.98 Å². The summed E-state index contributed by atoms with van der Waals surface area (Å²) >= 11 is 5.36. The number of aromatic nitrogens is 1. The van der Waals surface area contributed by atoms with Gasteiger partial charge in [0.1, 0.15) is 5.82 Å². The largest absolute Gasteiger partial charge is 0.378 e. The van der Waals surface area contributed by atoms with E-state index in [1.54, 1.807) is 0 Å². The first kappa shape index (κ1) is 15.6. The van der Waals surface area contributed by atoms with Crippen molar-refractivity contribution in [1.82, 2.24) is 10.3 Å². The van der Waals surface area contributed by atoms with Crippen molar-refractivity contribution in [3.05, 3.63) is 29.8 Å². The fourth-order valence-electron chi connectivity index (χ4n) is 2.99. The number of anilines is 2. The van der Waals surface area contributed by atoms with Crippen LogP contribution in [0.25, 0.3) is 10.9 Å². The number of fused-ring (bicyclic) bond motifs is 1. The predicted octanol–water partition coefficient (Wildman–Crippen LogP) is 2.83. The fourth-order valence-corrected chi connectivity index (χ4v) is 3.27. The Bertz CT molecular complexity index is 769. The van der Waals surface area contributed by atoms with Crippen molar-refractivity contribution in [3.8, 4) is 0 Å². The minimum atomic E-state index is 0.560. The maximum atomic E-state index is 5.43. The van der Waals surface area contributed by atoms with Crippen LogP contribution in [0.15, 0.2) is 24.3 Å². The number of ether oxygens (including phenoxy) is 1. The van der Waals surface area contributed by atoms with E-state index in [9.17, 15) is 0 Å². The summed E-state index contributed by atoms with van der Waals surface area (Å²) in [5, 5.41) is 8.44. The third-order valence-corrected chi connectivity index (χ3v) is 4.73. The minimum Gasteiger partial charge on any atom is -0.378 e. The second kappa shape index (κ2) is 6.53. The molecule has 24 heavy (non-hydrogen) atoms. The van der Waals surface area contributed by atoms with Gasteiger partial charge in [0.15, 0.2) is 5.11 Å². The topological polar surface area (TPSA) is 49.4 Å². The number of nitrogens with one attached hydrogen (secondary N) is 2. The predicted molar refractivity (Wildman–Crippen MR) is 102 cm³/mol. The molecule has 4 rings (SSSR count). The zero-order valence-electron chi connectivity index (χ0n) is 13.8. The molecule has 0 unspecified atom stereocenters. The molecule has 1 aliphatic heterocycles. The SMILES string of the molecule is Cc1cc(N2CCOCC2)nc2ccc(NC(=S)NC3CC3)cc12. The molecular weight excluding hydrogens is 320 g/mol. The number of hydrogen-bond acceptors (Lipinski definition) is 4. The molecule has 2 fully saturated rings. The Hall–Kier alpha value is -1.92. The van der Waals surface area contributed by atoms with Crippen molar-refractivity contribution in [2.45, 2.75) is 25.8 Å². The Morgan fingerprint density at radius 2 is 2.04 bits per heavy atom. The highest BCUT2D eigenvalue weighted by Gasteiger charge is 2.21. The maximum absolute atomic E-state index is 5.43. The molecular formula is C18H22N4OS. The van der Waals surface area contributed by atoms with Crippen molar-refractivity contribution in [2.24, 2.45) is 0 Å². The van der Waals surface area contributed by atoms with E-state index in [-0.39, 0.29) is 0 Å². The van der Waals surface area contributed by atoms with Crippen LogP contribution in [-0.2, 0) is 4.74 Å². The lowest BCUT2D eigenvalue weighted by molar-refractivity contribution is 0.122. The highest BCUT2D eigenvalue weighted by Crippen LogP contribution is 2.26. The van der Waals surface area contributed by atoms with Crippen LogP contribution in [0.2, 0.25) is 0 Å². The van der Waals surface area contributed by atoms with Crippen molar-refractivity contribution in [3.63, 3.8) is 0 Å². The van der Waals surface area contributed by atoms with Crippen LogP contribution in [0, 0.1) is 6.92 Å². The number of hydrogen-bond donors (Lipinski definition) is 2. The van der Waals surface area contributed by atoms with E-state index >= 15 is 0 Å². The van der Waals surface area contributed by atoms with Gasteiger partial charge < -0.3 is 20.3 Å². The first-order valence-corrected chi connectivity index (χ1v) is 8.91. The molecule has 2 aliphatic rings. The van der Waals surface area contributed by atoms with E-state index in [4.69, 9.17) is 21.9 Å². The lowest BCUT2D eigenvalue weighted by atomic mass is 10.1. The van der Waals surface area contributed by atoms with Gasteiger partial charge in [0.25, 0.3) is 0 Å². The van der Waals surface area contributed by atoms with Crippen molar-refractivity contribution in [2.75, 3.05) is 36.5 Å². The molecule has 1 aromatic carbocycles. The third-order valence-electron chi connectivity index (χ3n) is 4.51. The zero-order valence-corrected chi connectivity index (χ0v) is 14.7. The molecule has 1 saturated heterocycles. The third kappa shape index (κ3) is 3.44. The Labute approximate surface area is 147 Å². The lowest BCUT2D eigenvalue weighted by Gasteiger charge is -2.28. The summed E-state index contributed by atoms with van der Waals surface area (Å²) in [6.07, 6.45) is 2.43. The first-order chi connectivity index (χ1) is 11.7. The van der Waals surface area contributed by atoms with Crippen LogP contribution in [0.3, 0.4) is 0 Å². The molecule has 0 bridgehead atoms. The molecule has 5 nitrogen and oxygen atoms in total. The van der Waals surface area contributed by atoms with E-state index < -0.39 is 0 Å². The van der Waals surface area contributed by atoms with Gasteiger partial charge in [-0.2, -0.15) is 0 Å². The average Bonchev–Trinajstić information content (AvgIpc) is 3.40. The average molecular weight is 342 g/mol. The summed E-state index contributed by atoms with van der Waals surface area (Å²) in [5.41, 5.74) is 3.25. The van der Waals surface area contributed by atoms with Gasteiger partial charge in [0.05, 0.1) is 18.7 Å². The molecule has 6 heteroatoms. The number of aryl methyl sites for hydroxylation is 1.